The largest absolute Gasteiger partial charge is 0.310 e. The molecule has 12 rings (SSSR count). The van der Waals surface area contributed by atoms with Gasteiger partial charge in [0.2, 0.25) is 0 Å². The van der Waals surface area contributed by atoms with Gasteiger partial charge >= 0.3 is 0 Å². The summed E-state index contributed by atoms with van der Waals surface area (Å²) in [5.41, 5.74) is 9.31. The van der Waals surface area contributed by atoms with Crippen molar-refractivity contribution in [1.82, 2.24) is 9.13 Å². The fourth-order valence-corrected chi connectivity index (χ4v) is 10.5. The molecular weight excluding hydrogens is 751 g/mol. The van der Waals surface area contributed by atoms with E-state index < -0.39 is 0 Å². The molecule has 0 bridgehead atoms. The van der Waals surface area contributed by atoms with E-state index in [1.165, 1.54) is 20.2 Å². The summed E-state index contributed by atoms with van der Waals surface area (Å²) in [6, 6.07) is 70.5. The van der Waals surface area contributed by atoms with Crippen LogP contribution in [-0.4, -0.2) is 9.13 Å². The molecule has 0 fully saturated rings. The Morgan fingerprint density at radius 3 is 1.68 bits per heavy atom. The number of rotatable bonds is 5. The second-order valence-electron chi connectivity index (χ2n) is 15.2. The van der Waals surface area contributed by atoms with Gasteiger partial charge in [0.25, 0.3) is 0 Å². The van der Waals surface area contributed by atoms with Gasteiger partial charge in [-0.1, -0.05) is 103 Å². The third-order valence-corrected chi connectivity index (χ3v) is 13.1. The van der Waals surface area contributed by atoms with Crippen LogP contribution in [0.15, 0.2) is 188 Å². The van der Waals surface area contributed by atoms with Crippen molar-refractivity contribution in [2.45, 2.75) is 0 Å². The third kappa shape index (κ3) is 4.96. The van der Waals surface area contributed by atoms with Crippen LogP contribution in [0.1, 0.15) is 11.1 Å². The van der Waals surface area contributed by atoms with Crippen molar-refractivity contribution < 1.29 is 0 Å². The number of hydrogen-bond donors (Lipinski definition) is 0. The summed E-state index contributed by atoms with van der Waals surface area (Å²) in [6.07, 6.45) is 0. The van der Waals surface area contributed by atoms with Gasteiger partial charge in [-0.05, 0) is 95.7 Å². The zero-order valence-electron chi connectivity index (χ0n) is 32.0. The summed E-state index contributed by atoms with van der Waals surface area (Å²) in [6.45, 7) is 0. The first-order chi connectivity index (χ1) is 29.7. The van der Waals surface area contributed by atoms with Crippen LogP contribution in [0, 0.1) is 22.7 Å². The average Bonchev–Trinajstić information content (AvgIpc) is 3.95. The Labute approximate surface area is 348 Å². The van der Waals surface area contributed by atoms with Crippen LogP contribution >= 0.6 is 11.3 Å². The van der Waals surface area contributed by atoms with E-state index in [2.05, 4.69) is 184 Å². The summed E-state index contributed by atoms with van der Waals surface area (Å²) in [5.74, 6) is 0. The lowest BCUT2D eigenvalue weighted by molar-refractivity contribution is 1.12. The summed E-state index contributed by atoms with van der Waals surface area (Å²) < 4.78 is 6.76. The van der Waals surface area contributed by atoms with Crippen molar-refractivity contribution in [3.63, 3.8) is 0 Å². The molecule has 0 amide bonds. The summed E-state index contributed by atoms with van der Waals surface area (Å²) >= 11 is 1.77. The van der Waals surface area contributed by atoms with E-state index in [-0.39, 0.29) is 0 Å². The first kappa shape index (κ1) is 33.9. The molecule has 3 aromatic heterocycles. The lowest BCUT2D eigenvalue weighted by atomic mass is 10.0. The average molecular weight is 782 g/mol. The maximum atomic E-state index is 11.1. The minimum Gasteiger partial charge on any atom is -0.310 e. The summed E-state index contributed by atoms with van der Waals surface area (Å²) in [5, 5.41) is 31.2. The van der Waals surface area contributed by atoms with Crippen molar-refractivity contribution >= 4 is 103 Å². The molecule has 0 atom stereocenters. The first-order valence-corrected chi connectivity index (χ1v) is 20.7. The number of anilines is 3. The van der Waals surface area contributed by atoms with E-state index in [0.717, 1.165) is 71.4 Å². The molecule has 9 aromatic carbocycles. The zero-order chi connectivity index (χ0) is 39.9. The number of aromatic nitrogens is 2. The number of para-hydroxylation sites is 3. The minimum absolute atomic E-state index is 0.476. The fourth-order valence-electron chi connectivity index (χ4n) is 9.35. The highest BCUT2D eigenvalue weighted by Crippen LogP contribution is 2.44. The lowest BCUT2D eigenvalue weighted by Gasteiger charge is -2.25. The molecule has 278 valence electrons. The van der Waals surface area contributed by atoms with Gasteiger partial charge in [-0.15, -0.1) is 11.3 Å². The number of hydrogen-bond acceptors (Lipinski definition) is 4. The first-order valence-electron chi connectivity index (χ1n) is 19.9. The van der Waals surface area contributed by atoms with Gasteiger partial charge in [0.05, 0.1) is 44.6 Å². The van der Waals surface area contributed by atoms with E-state index in [1.807, 2.05) is 30.3 Å². The predicted molar refractivity (Wildman–Crippen MR) is 250 cm³/mol. The van der Waals surface area contributed by atoms with Crippen LogP contribution in [-0.2, 0) is 0 Å². The SMILES string of the molecule is N#Cc1cc(-n2c3ccc(N(c4ccccc4)c4ccccc4)cc3c3c4ccccc4ccc32)c(C#N)cc1-n1c2ccccc2c2cc3c(cc21)sc1ccccc13. The van der Waals surface area contributed by atoms with Crippen LogP contribution in [0.5, 0.6) is 0 Å². The van der Waals surface area contributed by atoms with E-state index in [1.54, 1.807) is 11.3 Å². The van der Waals surface area contributed by atoms with Crippen molar-refractivity contribution in [2.24, 2.45) is 0 Å². The Balaban J connectivity index is 1.13. The number of benzene rings is 9. The van der Waals surface area contributed by atoms with E-state index in [0.29, 0.717) is 22.5 Å². The maximum Gasteiger partial charge on any atom is 0.101 e. The number of fused-ring (bicyclic) bond motifs is 11. The van der Waals surface area contributed by atoms with Crippen molar-refractivity contribution in [2.75, 3.05) is 4.90 Å². The topological polar surface area (TPSA) is 60.7 Å². The van der Waals surface area contributed by atoms with Crippen LogP contribution in [0.25, 0.3) is 85.9 Å². The summed E-state index contributed by atoms with van der Waals surface area (Å²) in [7, 11) is 0. The molecule has 12 aromatic rings. The van der Waals surface area contributed by atoms with Crippen molar-refractivity contribution in [3.8, 4) is 23.5 Å². The zero-order valence-corrected chi connectivity index (χ0v) is 32.9. The number of nitrogens with zero attached hydrogens (tertiary/aromatic N) is 5. The molecule has 6 heteroatoms. The second-order valence-corrected chi connectivity index (χ2v) is 16.2. The van der Waals surface area contributed by atoms with E-state index >= 15 is 0 Å². The van der Waals surface area contributed by atoms with Crippen molar-refractivity contribution in [3.05, 3.63) is 199 Å². The molecule has 60 heavy (non-hydrogen) atoms. The van der Waals surface area contributed by atoms with Gasteiger partial charge < -0.3 is 14.0 Å². The van der Waals surface area contributed by atoms with E-state index in [4.69, 9.17) is 0 Å². The molecule has 5 nitrogen and oxygen atoms in total. The molecule has 0 spiro atoms. The van der Waals surface area contributed by atoms with Crippen LogP contribution < -0.4 is 4.90 Å². The quantitative estimate of drug-likeness (QED) is 0.175. The lowest BCUT2D eigenvalue weighted by Crippen LogP contribution is -2.09. The molecular formula is C54H31N5S. The van der Waals surface area contributed by atoms with Gasteiger partial charge in [0.1, 0.15) is 12.1 Å². The van der Waals surface area contributed by atoms with Crippen LogP contribution in [0.2, 0.25) is 0 Å². The highest BCUT2D eigenvalue weighted by Gasteiger charge is 2.23. The molecule has 0 saturated carbocycles. The molecule has 0 unspecified atom stereocenters. The molecule has 0 aliphatic heterocycles. The van der Waals surface area contributed by atoms with Crippen molar-refractivity contribution in [1.29, 1.82) is 10.5 Å². The predicted octanol–water partition coefficient (Wildman–Crippen LogP) is 14.6. The molecule has 0 saturated heterocycles. The monoisotopic (exact) mass is 781 g/mol. The Hall–Kier alpha value is -8.16. The highest BCUT2D eigenvalue weighted by atomic mass is 32.1. The Bertz CT molecular complexity index is 3760. The van der Waals surface area contributed by atoms with Gasteiger partial charge in [0.15, 0.2) is 0 Å². The van der Waals surface area contributed by atoms with Crippen LogP contribution in [0.4, 0.5) is 17.1 Å². The number of nitriles is 2. The second kappa shape index (κ2) is 13.2. The standard InChI is InChI=1S/C54H31N5S/c55-32-35-28-50(59-46-21-11-9-19-41(46)43-30-44-42-20-10-12-22-52(42)60-53(44)31-51(43)59)36(33-56)27-49(35)58-47-26-24-39(57(37-14-3-1-4-15-37)38-16-5-2-6-17-38)29-45(47)54-40-18-8-7-13-34(40)23-25-48(54)58/h1-31H. The Morgan fingerprint density at radius 1 is 0.383 bits per heavy atom. The minimum atomic E-state index is 0.476. The molecule has 0 aliphatic carbocycles. The molecule has 3 heterocycles. The maximum absolute atomic E-state index is 11.1. The fraction of sp³-hybridized carbons (Fsp3) is 0. The molecule has 0 N–H and O–H groups in total. The molecule has 0 aliphatic rings. The van der Waals surface area contributed by atoms with E-state index in [9.17, 15) is 10.5 Å². The smallest absolute Gasteiger partial charge is 0.101 e. The third-order valence-electron chi connectivity index (χ3n) is 11.9. The Morgan fingerprint density at radius 2 is 0.967 bits per heavy atom. The van der Waals surface area contributed by atoms with Gasteiger partial charge in [-0.25, -0.2) is 0 Å². The van der Waals surface area contributed by atoms with Gasteiger partial charge in [-0.3, -0.25) is 0 Å². The van der Waals surface area contributed by atoms with Crippen LogP contribution in [0.3, 0.4) is 0 Å². The highest BCUT2D eigenvalue weighted by molar-refractivity contribution is 7.25. The van der Waals surface area contributed by atoms with Gasteiger partial charge in [-0.2, -0.15) is 10.5 Å². The Kier molecular flexibility index (Phi) is 7.46. The van der Waals surface area contributed by atoms with Gasteiger partial charge in [0, 0.05) is 58.8 Å². The summed E-state index contributed by atoms with van der Waals surface area (Å²) in [4.78, 5) is 2.27. The number of thiophene rings is 1. The normalized spacial score (nSPS) is 11.6. The molecule has 0 radical (unpaired) electrons.